The van der Waals surface area contributed by atoms with E-state index >= 15 is 0 Å². The molecule has 1 fully saturated rings. The Morgan fingerprint density at radius 1 is 1.26 bits per heavy atom. The molecule has 0 unspecified atom stereocenters. The van der Waals surface area contributed by atoms with Crippen molar-refractivity contribution in [3.8, 4) is 0 Å². The molecule has 1 amide bonds. The van der Waals surface area contributed by atoms with Gasteiger partial charge in [0.15, 0.2) is 18.1 Å². The maximum absolute atomic E-state index is 13.2. The average molecular weight is 387 g/mol. The fraction of sp³-hybridized carbons (Fsp3) is 0.400. The second-order valence-electron chi connectivity index (χ2n) is 7.14. The zero-order chi connectivity index (χ0) is 19.0. The minimum Gasteiger partial charge on any atom is -0.375 e. The van der Waals surface area contributed by atoms with Crippen molar-refractivity contribution in [3.63, 3.8) is 0 Å². The fourth-order valence-electron chi connectivity index (χ4n) is 3.78. The minimum atomic E-state index is -1.81. The van der Waals surface area contributed by atoms with E-state index in [0.717, 1.165) is 18.0 Å². The number of morpholine rings is 1. The van der Waals surface area contributed by atoms with Gasteiger partial charge in [0.1, 0.15) is 13.1 Å². The molecule has 0 aliphatic carbocycles. The van der Waals surface area contributed by atoms with Crippen molar-refractivity contribution in [3.05, 3.63) is 51.7 Å². The summed E-state index contributed by atoms with van der Waals surface area (Å²) in [6.45, 7) is 5.36. The number of quaternary nitrogens is 1. The van der Waals surface area contributed by atoms with Crippen molar-refractivity contribution in [2.45, 2.75) is 18.9 Å². The standard InChI is InChI=1S/C20H22N2O4S/c1-14-6-7-18(27-14)17(23)12-20(25)15-4-2-3-5-16(15)22(19(20)24)13-21-8-10-26-11-9-21/h2-7,25H,8-13H2,1H3/p+1/t20-/m0/s1. The van der Waals surface area contributed by atoms with Crippen LogP contribution in [0.15, 0.2) is 36.4 Å². The van der Waals surface area contributed by atoms with Crippen LogP contribution in [0.1, 0.15) is 26.5 Å². The number of rotatable bonds is 5. The highest BCUT2D eigenvalue weighted by atomic mass is 32.1. The number of anilines is 1. The number of aryl methyl sites for hydroxylation is 1. The fourth-order valence-corrected chi connectivity index (χ4v) is 4.59. The minimum absolute atomic E-state index is 0.209. The summed E-state index contributed by atoms with van der Waals surface area (Å²) in [6, 6.07) is 10.9. The number of ether oxygens (including phenoxy) is 1. The first-order valence-corrected chi connectivity index (χ1v) is 9.95. The number of nitrogens with zero attached hydrogens (tertiary/aromatic N) is 1. The van der Waals surface area contributed by atoms with E-state index < -0.39 is 11.5 Å². The molecule has 2 aliphatic rings. The molecule has 1 aromatic heterocycles. The Labute approximate surface area is 162 Å². The molecule has 0 bridgehead atoms. The summed E-state index contributed by atoms with van der Waals surface area (Å²) in [5, 5.41) is 11.3. The number of aliphatic hydroxyl groups is 1. The Kier molecular flexibility index (Phi) is 4.86. The quantitative estimate of drug-likeness (QED) is 0.743. The smallest absolute Gasteiger partial charge is 0.268 e. The van der Waals surface area contributed by atoms with Crippen molar-refractivity contribution < 1.29 is 24.3 Å². The normalized spacial score (nSPS) is 22.9. The van der Waals surface area contributed by atoms with Gasteiger partial charge in [-0.25, -0.2) is 0 Å². The molecule has 7 heteroatoms. The Morgan fingerprint density at radius 3 is 2.70 bits per heavy atom. The van der Waals surface area contributed by atoms with Crippen LogP contribution in [-0.2, 0) is 15.1 Å². The predicted molar refractivity (Wildman–Crippen MR) is 102 cm³/mol. The number of para-hydroxylation sites is 1. The maximum Gasteiger partial charge on any atom is 0.268 e. The number of hydrogen-bond acceptors (Lipinski definition) is 5. The molecule has 1 aromatic carbocycles. The maximum atomic E-state index is 13.2. The molecule has 0 spiro atoms. The molecule has 0 radical (unpaired) electrons. The Morgan fingerprint density at radius 2 is 2.00 bits per heavy atom. The summed E-state index contributed by atoms with van der Waals surface area (Å²) >= 11 is 1.39. The molecule has 3 heterocycles. The van der Waals surface area contributed by atoms with E-state index in [4.69, 9.17) is 4.74 Å². The van der Waals surface area contributed by atoms with E-state index in [2.05, 4.69) is 0 Å². The van der Waals surface area contributed by atoms with Gasteiger partial charge in [-0.15, -0.1) is 11.3 Å². The van der Waals surface area contributed by atoms with Crippen LogP contribution in [-0.4, -0.2) is 49.8 Å². The van der Waals surface area contributed by atoms with Crippen molar-refractivity contribution >= 4 is 28.7 Å². The molecule has 4 rings (SSSR count). The number of amides is 1. The van der Waals surface area contributed by atoms with E-state index in [-0.39, 0.29) is 12.2 Å². The third kappa shape index (κ3) is 3.32. The van der Waals surface area contributed by atoms with Crippen molar-refractivity contribution in [2.75, 3.05) is 37.9 Å². The monoisotopic (exact) mass is 387 g/mol. The van der Waals surface area contributed by atoms with Crippen LogP contribution in [0.5, 0.6) is 0 Å². The van der Waals surface area contributed by atoms with E-state index in [1.54, 1.807) is 23.1 Å². The van der Waals surface area contributed by atoms with E-state index in [0.29, 0.717) is 36.0 Å². The van der Waals surface area contributed by atoms with E-state index in [1.165, 1.54) is 16.2 Å². The lowest BCUT2D eigenvalue weighted by molar-refractivity contribution is -0.906. The molecule has 0 saturated carbocycles. The molecule has 142 valence electrons. The highest BCUT2D eigenvalue weighted by molar-refractivity contribution is 7.14. The molecule has 2 aromatic rings. The van der Waals surface area contributed by atoms with Crippen LogP contribution in [0, 0.1) is 6.92 Å². The van der Waals surface area contributed by atoms with Crippen LogP contribution in [0.2, 0.25) is 0 Å². The summed E-state index contributed by atoms with van der Waals surface area (Å²) in [5.74, 6) is -0.622. The third-order valence-corrected chi connectivity index (χ3v) is 6.29. The lowest BCUT2D eigenvalue weighted by Gasteiger charge is -2.29. The highest BCUT2D eigenvalue weighted by Crippen LogP contribution is 2.42. The summed E-state index contributed by atoms with van der Waals surface area (Å²) in [4.78, 5) is 30.4. The SMILES string of the molecule is Cc1ccc(C(=O)C[C@@]2(O)C(=O)N(C[NH+]3CCOCC3)c3ccccc32)s1. The van der Waals surface area contributed by atoms with Crippen LogP contribution in [0.25, 0.3) is 0 Å². The second-order valence-corrected chi connectivity index (χ2v) is 8.43. The zero-order valence-corrected chi connectivity index (χ0v) is 16.1. The van der Waals surface area contributed by atoms with Crippen molar-refractivity contribution in [1.29, 1.82) is 0 Å². The number of nitrogens with one attached hydrogen (secondary N) is 1. The number of carbonyl (C=O) groups excluding carboxylic acids is 2. The molecule has 2 N–H and O–H groups in total. The number of carbonyl (C=O) groups is 2. The summed E-state index contributed by atoms with van der Waals surface area (Å²) in [7, 11) is 0. The van der Waals surface area contributed by atoms with Gasteiger partial charge >= 0.3 is 0 Å². The largest absolute Gasteiger partial charge is 0.375 e. The van der Waals surface area contributed by atoms with Gasteiger partial charge in [0.25, 0.3) is 5.91 Å². The van der Waals surface area contributed by atoms with E-state index in [1.807, 2.05) is 25.1 Å². The number of ketones is 1. The number of Topliss-reactive ketones (excluding diaryl/α,β-unsaturated/α-hetero) is 1. The number of thiophene rings is 1. The van der Waals surface area contributed by atoms with Gasteiger partial charge in [-0.1, -0.05) is 18.2 Å². The number of hydrogen-bond donors (Lipinski definition) is 2. The topological polar surface area (TPSA) is 71.3 Å². The van der Waals surface area contributed by atoms with Crippen molar-refractivity contribution in [2.24, 2.45) is 0 Å². The summed E-state index contributed by atoms with van der Waals surface area (Å²) in [5.41, 5.74) is -0.597. The Bertz CT molecular complexity index is 874. The van der Waals surface area contributed by atoms with Gasteiger partial charge in [0.2, 0.25) is 0 Å². The average Bonchev–Trinajstić information content (AvgIpc) is 3.20. The molecular weight excluding hydrogens is 364 g/mol. The van der Waals surface area contributed by atoms with Crippen molar-refractivity contribution in [1.82, 2.24) is 0 Å². The summed E-state index contributed by atoms with van der Waals surface area (Å²) in [6.07, 6.45) is -0.238. The third-order valence-electron chi connectivity index (χ3n) is 5.25. The molecule has 1 atom stereocenters. The predicted octanol–water partition coefficient (Wildman–Crippen LogP) is 0.736. The first-order chi connectivity index (χ1) is 13.0. The molecule has 27 heavy (non-hydrogen) atoms. The molecule has 2 aliphatic heterocycles. The Balaban J connectivity index is 1.62. The van der Waals surface area contributed by atoms with Crippen LogP contribution >= 0.6 is 11.3 Å². The van der Waals surface area contributed by atoms with Gasteiger partial charge in [0.05, 0.1) is 30.2 Å². The lowest BCUT2D eigenvalue weighted by atomic mass is 9.89. The van der Waals surface area contributed by atoms with Gasteiger partial charge in [0, 0.05) is 10.4 Å². The zero-order valence-electron chi connectivity index (χ0n) is 15.2. The molecule has 6 nitrogen and oxygen atoms in total. The lowest BCUT2D eigenvalue weighted by Crippen LogP contribution is -3.15. The highest BCUT2D eigenvalue weighted by Gasteiger charge is 2.51. The van der Waals surface area contributed by atoms with Crippen LogP contribution < -0.4 is 9.80 Å². The summed E-state index contributed by atoms with van der Waals surface area (Å²) < 4.78 is 5.39. The van der Waals surface area contributed by atoms with E-state index in [9.17, 15) is 14.7 Å². The first kappa shape index (κ1) is 18.3. The molecule has 1 saturated heterocycles. The second kappa shape index (κ2) is 7.16. The van der Waals surface area contributed by atoms with Gasteiger partial charge in [-0.3, -0.25) is 14.5 Å². The number of benzene rings is 1. The number of fused-ring (bicyclic) bond motifs is 1. The first-order valence-electron chi connectivity index (χ1n) is 9.14. The van der Waals surface area contributed by atoms with Crippen LogP contribution in [0.4, 0.5) is 5.69 Å². The van der Waals surface area contributed by atoms with Gasteiger partial charge in [-0.05, 0) is 25.1 Å². The van der Waals surface area contributed by atoms with Gasteiger partial charge in [-0.2, -0.15) is 0 Å². The molecular formula is C20H23N2O4S+. The van der Waals surface area contributed by atoms with Crippen LogP contribution in [0.3, 0.4) is 0 Å². The van der Waals surface area contributed by atoms with Gasteiger partial charge < -0.3 is 14.7 Å². The Hall–Kier alpha value is -2.06.